The van der Waals surface area contributed by atoms with Crippen LogP contribution >= 0.6 is 0 Å². The lowest BCUT2D eigenvalue weighted by molar-refractivity contribution is 0.607. The van der Waals surface area contributed by atoms with Gasteiger partial charge in [-0.05, 0) is 38.0 Å². The molecule has 2 aromatic rings. The van der Waals surface area contributed by atoms with Crippen molar-refractivity contribution < 1.29 is 4.39 Å². The molecule has 2 N–H and O–H groups in total. The number of hydrogen-bond acceptors (Lipinski definition) is 2. The molecular formula is C17H24FN5. The maximum Gasteiger partial charge on any atom is 0.192 e. The molecule has 0 amide bonds. The first-order chi connectivity index (χ1) is 11.0. The molecule has 6 heteroatoms. The van der Waals surface area contributed by atoms with Gasteiger partial charge in [-0.25, -0.2) is 9.38 Å². The molecule has 23 heavy (non-hydrogen) atoms. The summed E-state index contributed by atoms with van der Waals surface area (Å²) in [6, 6.07) is 5.25. The van der Waals surface area contributed by atoms with Crippen LogP contribution in [0.25, 0.3) is 0 Å². The van der Waals surface area contributed by atoms with Gasteiger partial charge >= 0.3 is 0 Å². The van der Waals surface area contributed by atoms with Crippen LogP contribution in [0.15, 0.2) is 35.6 Å². The summed E-state index contributed by atoms with van der Waals surface area (Å²) < 4.78 is 15.5. The Kier molecular flexibility index (Phi) is 5.73. The average Bonchev–Trinajstić information content (AvgIpc) is 2.93. The highest BCUT2D eigenvalue weighted by Crippen LogP contribution is 2.16. The Morgan fingerprint density at radius 1 is 1.43 bits per heavy atom. The monoisotopic (exact) mass is 317 g/mol. The third kappa shape index (κ3) is 4.81. The summed E-state index contributed by atoms with van der Waals surface area (Å²) >= 11 is 0. The number of aromatic nitrogens is 2. The summed E-state index contributed by atoms with van der Waals surface area (Å²) in [4.78, 5) is 4.55. The quantitative estimate of drug-likeness (QED) is 0.658. The Labute approximate surface area is 136 Å². The maximum atomic E-state index is 13.7. The van der Waals surface area contributed by atoms with Crippen LogP contribution in [0.5, 0.6) is 0 Å². The molecular weight excluding hydrogens is 293 g/mol. The molecule has 0 fully saturated rings. The summed E-state index contributed by atoms with van der Waals surface area (Å²) in [6.07, 6.45) is 3.73. The van der Waals surface area contributed by atoms with Crippen molar-refractivity contribution in [3.8, 4) is 0 Å². The van der Waals surface area contributed by atoms with Crippen LogP contribution < -0.4 is 10.6 Å². The molecule has 5 nitrogen and oxygen atoms in total. The van der Waals surface area contributed by atoms with Gasteiger partial charge in [0.15, 0.2) is 5.96 Å². The molecule has 0 radical (unpaired) electrons. The highest BCUT2D eigenvalue weighted by atomic mass is 19.1. The summed E-state index contributed by atoms with van der Waals surface area (Å²) in [5.41, 5.74) is 2.58. The van der Waals surface area contributed by atoms with Crippen LogP contribution in [0.4, 0.5) is 4.39 Å². The van der Waals surface area contributed by atoms with Crippen LogP contribution in [-0.2, 0) is 13.6 Å². The van der Waals surface area contributed by atoms with Crippen LogP contribution in [0.3, 0.4) is 0 Å². The van der Waals surface area contributed by atoms with E-state index < -0.39 is 0 Å². The summed E-state index contributed by atoms with van der Waals surface area (Å²) in [7, 11) is 1.88. The zero-order valence-electron chi connectivity index (χ0n) is 14.1. The van der Waals surface area contributed by atoms with Crippen molar-refractivity contribution in [1.29, 1.82) is 0 Å². The van der Waals surface area contributed by atoms with Crippen LogP contribution in [0, 0.1) is 12.7 Å². The third-order valence-corrected chi connectivity index (χ3v) is 3.57. The van der Waals surface area contributed by atoms with Crippen molar-refractivity contribution in [3.05, 3.63) is 53.1 Å². The van der Waals surface area contributed by atoms with Gasteiger partial charge in [0, 0.05) is 25.4 Å². The SMILES string of the molecule is CCNC(=NCc1cnn(C)c1)NC(C)c1ccc(C)c(F)c1. The van der Waals surface area contributed by atoms with Gasteiger partial charge in [-0.3, -0.25) is 4.68 Å². The van der Waals surface area contributed by atoms with Gasteiger partial charge in [0.1, 0.15) is 5.82 Å². The lowest BCUT2D eigenvalue weighted by Gasteiger charge is -2.18. The Morgan fingerprint density at radius 2 is 2.22 bits per heavy atom. The Balaban J connectivity index is 2.06. The maximum absolute atomic E-state index is 13.7. The standard InChI is InChI=1S/C17H24FN5/c1-5-19-17(20-9-14-10-21-23(4)11-14)22-13(3)15-7-6-12(2)16(18)8-15/h6-8,10-11,13H,5,9H2,1-4H3,(H2,19,20,22). The lowest BCUT2D eigenvalue weighted by atomic mass is 10.1. The minimum atomic E-state index is -0.187. The molecule has 1 atom stereocenters. The number of rotatable bonds is 5. The van der Waals surface area contributed by atoms with Crippen LogP contribution in [-0.4, -0.2) is 22.3 Å². The minimum absolute atomic E-state index is 0.0446. The zero-order valence-corrected chi connectivity index (χ0v) is 14.1. The van der Waals surface area contributed by atoms with Gasteiger partial charge in [-0.15, -0.1) is 0 Å². The molecule has 0 aliphatic carbocycles. The number of benzene rings is 1. The molecule has 0 saturated carbocycles. The number of guanidine groups is 1. The number of nitrogens with zero attached hydrogens (tertiary/aromatic N) is 3. The topological polar surface area (TPSA) is 54.2 Å². The van der Waals surface area contributed by atoms with Crippen LogP contribution in [0.1, 0.15) is 36.6 Å². The van der Waals surface area contributed by atoms with Crippen molar-refractivity contribution in [3.63, 3.8) is 0 Å². The van der Waals surface area contributed by atoms with E-state index >= 15 is 0 Å². The molecule has 0 saturated heterocycles. The predicted octanol–water partition coefficient (Wildman–Crippen LogP) is 2.68. The summed E-state index contributed by atoms with van der Waals surface area (Å²) in [6.45, 7) is 7.06. The smallest absolute Gasteiger partial charge is 0.192 e. The van der Waals surface area contributed by atoms with E-state index in [2.05, 4.69) is 20.7 Å². The van der Waals surface area contributed by atoms with Crippen LogP contribution in [0.2, 0.25) is 0 Å². The number of nitrogens with one attached hydrogen (secondary N) is 2. The Morgan fingerprint density at radius 3 is 2.83 bits per heavy atom. The highest BCUT2D eigenvalue weighted by molar-refractivity contribution is 5.80. The van der Waals surface area contributed by atoms with Crippen molar-refractivity contribution in [1.82, 2.24) is 20.4 Å². The summed E-state index contributed by atoms with van der Waals surface area (Å²) in [5.74, 6) is 0.512. The second kappa shape index (κ2) is 7.76. The van der Waals surface area contributed by atoms with Crippen molar-refractivity contribution >= 4 is 5.96 Å². The first-order valence-electron chi connectivity index (χ1n) is 7.78. The number of aryl methyl sites for hydroxylation is 2. The first-order valence-corrected chi connectivity index (χ1v) is 7.78. The van der Waals surface area contributed by atoms with E-state index in [9.17, 15) is 4.39 Å². The zero-order chi connectivity index (χ0) is 16.8. The molecule has 1 heterocycles. The van der Waals surface area contributed by atoms with E-state index in [1.54, 1.807) is 29.9 Å². The van der Waals surface area contributed by atoms with Crippen molar-refractivity contribution in [2.45, 2.75) is 33.4 Å². The van der Waals surface area contributed by atoms with E-state index in [0.29, 0.717) is 18.1 Å². The number of halogens is 1. The van der Waals surface area contributed by atoms with E-state index in [0.717, 1.165) is 17.7 Å². The Bertz CT molecular complexity index is 677. The average molecular weight is 317 g/mol. The first kappa shape index (κ1) is 17.0. The predicted molar refractivity (Wildman–Crippen MR) is 90.7 cm³/mol. The second-order valence-electron chi connectivity index (χ2n) is 5.59. The van der Waals surface area contributed by atoms with Gasteiger partial charge in [0.2, 0.25) is 0 Å². The van der Waals surface area contributed by atoms with E-state index in [1.807, 2.05) is 33.2 Å². The van der Waals surface area contributed by atoms with E-state index in [4.69, 9.17) is 0 Å². The van der Waals surface area contributed by atoms with Crippen molar-refractivity contribution in [2.24, 2.45) is 12.0 Å². The molecule has 1 unspecified atom stereocenters. The van der Waals surface area contributed by atoms with Gasteiger partial charge in [0.25, 0.3) is 0 Å². The van der Waals surface area contributed by atoms with Crippen molar-refractivity contribution in [2.75, 3.05) is 6.54 Å². The van der Waals surface area contributed by atoms with Gasteiger partial charge < -0.3 is 10.6 Å². The Hall–Kier alpha value is -2.37. The van der Waals surface area contributed by atoms with Gasteiger partial charge in [-0.2, -0.15) is 5.10 Å². The highest BCUT2D eigenvalue weighted by Gasteiger charge is 2.09. The largest absolute Gasteiger partial charge is 0.357 e. The molecule has 124 valence electrons. The molecule has 0 aliphatic rings. The van der Waals surface area contributed by atoms with Gasteiger partial charge in [0.05, 0.1) is 18.8 Å². The molecule has 0 bridgehead atoms. The van der Waals surface area contributed by atoms with E-state index in [1.165, 1.54) is 0 Å². The van der Waals surface area contributed by atoms with Gasteiger partial charge in [-0.1, -0.05) is 12.1 Å². The molecule has 1 aromatic heterocycles. The molecule has 1 aromatic carbocycles. The minimum Gasteiger partial charge on any atom is -0.357 e. The normalized spacial score (nSPS) is 13.0. The van der Waals surface area contributed by atoms with E-state index in [-0.39, 0.29) is 11.9 Å². The second-order valence-corrected chi connectivity index (χ2v) is 5.59. The summed E-state index contributed by atoms with van der Waals surface area (Å²) in [5, 5.41) is 10.6. The number of aliphatic imine (C=N–C) groups is 1. The fourth-order valence-electron chi connectivity index (χ4n) is 2.21. The fourth-order valence-corrected chi connectivity index (χ4v) is 2.21. The lowest BCUT2D eigenvalue weighted by Crippen LogP contribution is -2.38. The fraction of sp³-hybridized carbons (Fsp3) is 0.412. The molecule has 2 rings (SSSR count). The molecule has 0 spiro atoms. The third-order valence-electron chi connectivity index (χ3n) is 3.57. The number of hydrogen-bond donors (Lipinski definition) is 2. The molecule has 0 aliphatic heterocycles.